The Kier molecular flexibility index (Phi) is 4.24. The van der Waals surface area contributed by atoms with Crippen LogP contribution in [-0.4, -0.2) is 16.3 Å². The minimum Gasteiger partial charge on any atom is -0.487 e. The van der Waals surface area contributed by atoms with E-state index >= 15 is 0 Å². The van der Waals surface area contributed by atoms with Gasteiger partial charge in [0.05, 0.1) is 11.8 Å². The van der Waals surface area contributed by atoms with Crippen molar-refractivity contribution in [2.75, 3.05) is 0 Å². The van der Waals surface area contributed by atoms with Crippen LogP contribution in [0.1, 0.15) is 19.5 Å². The predicted octanol–water partition coefficient (Wildman–Crippen LogP) is 1.43. The molecule has 1 heterocycles. The van der Waals surface area contributed by atoms with Gasteiger partial charge in [0.1, 0.15) is 6.61 Å². The van der Waals surface area contributed by atoms with Crippen molar-refractivity contribution < 1.29 is 9.47 Å². The summed E-state index contributed by atoms with van der Waals surface area (Å²) >= 11 is 0. The first-order valence-corrected chi connectivity index (χ1v) is 6.25. The predicted molar refractivity (Wildman–Crippen MR) is 74.2 cm³/mol. The van der Waals surface area contributed by atoms with Crippen LogP contribution in [-0.2, 0) is 6.61 Å². The molecule has 0 atom stereocenters. The maximum atomic E-state index is 11.2. The minimum absolute atomic E-state index is 0.0348. The third kappa shape index (κ3) is 3.50. The Balaban J connectivity index is 2.12. The summed E-state index contributed by atoms with van der Waals surface area (Å²) in [5, 5.41) is 4.85. The van der Waals surface area contributed by atoms with Crippen molar-refractivity contribution in [3.63, 3.8) is 0 Å². The molecule has 1 aromatic carbocycles. The normalized spacial score (nSPS) is 10.6. The summed E-state index contributed by atoms with van der Waals surface area (Å²) in [5.41, 5.74) is -0.805. The molecule has 6 nitrogen and oxygen atoms in total. The van der Waals surface area contributed by atoms with E-state index in [0.29, 0.717) is 17.2 Å². The van der Waals surface area contributed by atoms with E-state index in [-0.39, 0.29) is 12.7 Å². The highest BCUT2D eigenvalue weighted by atomic mass is 16.5. The van der Waals surface area contributed by atoms with Gasteiger partial charge in [-0.2, -0.15) is 0 Å². The quantitative estimate of drug-likeness (QED) is 0.809. The zero-order valence-corrected chi connectivity index (χ0v) is 11.3. The number of rotatable bonds is 5. The number of para-hydroxylation sites is 2. The number of hydrogen-bond acceptors (Lipinski definition) is 4. The Hall–Kier alpha value is -2.50. The summed E-state index contributed by atoms with van der Waals surface area (Å²) in [6.45, 7) is 3.98. The van der Waals surface area contributed by atoms with Gasteiger partial charge in [-0.25, -0.2) is 0 Å². The van der Waals surface area contributed by atoms with Crippen LogP contribution < -0.4 is 20.5 Å². The summed E-state index contributed by atoms with van der Waals surface area (Å²) in [7, 11) is 0. The van der Waals surface area contributed by atoms with Crippen molar-refractivity contribution in [3.05, 3.63) is 56.6 Å². The van der Waals surface area contributed by atoms with Gasteiger partial charge in [-0.05, 0) is 26.0 Å². The lowest BCUT2D eigenvalue weighted by Gasteiger charge is -2.14. The highest BCUT2D eigenvalue weighted by molar-refractivity contribution is 5.39. The molecule has 2 rings (SSSR count). The van der Waals surface area contributed by atoms with Crippen molar-refractivity contribution in [1.82, 2.24) is 10.2 Å². The van der Waals surface area contributed by atoms with Gasteiger partial charge in [0.15, 0.2) is 11.5 Å². The molecule has 0 saturated carbocycles. The van der Waals surface area contributed by atoms with Gasteiger partial charge in [0.25, 0.3) is 0 Å². The average Bonchev–Trinajstić information content (AvgIpc) is 2.41. The second-order valence-corrected chi connectivity index (χ2v) is 4.51. The van der Waals surface area contributed by atoms with E-state index in [1.807, 2.05) is 32.0 Å². The number of benzene rings is 1. The van der Waals surface area contributed by atoms with Crippen molar-refractivity contribution in [2.45, 2.75) is 26.6 Å². The first-order chi connectivity index (χ1) is 9.56. The number of hydrogen-bond donors (Lipinski definition) is 2. The van der Waals surface area contributed by atoms with E-state index in [2.05, 4.69) is 10.2 Å². The Morgan fingerprint density at radius 2 is 1.80 bits per heavy atom. The number of aromatic amines is 2. The molecule has 20 heavy (non-hydrogen) atoms. The van der Waals surface area contributed by atoms with E-state index < -0.39 is 11.0 Å². The van der Waals surface area contributed by atoms with Crippen LogP contribution in [0.15, 0.2) is 39.9 Å². The molecule has 0 spiro atoms. The Morgan fingerprint density at radius 3 is 2.45 bits per heavy atom. The SMILES string of the molecule is CC(C)Oc1ccccc1OCc1cc(=O)c(=O)[nH][nH]1. The number of nitrogens with one attached hydrogen (secondary N) is 2. The van der Waals surface area contributed by atoms with Crippen molar-refractivity contribution >= 4 is 0 Å². The number of H-pyrrole nitrogens is 2. The third-order valence-electron chi connectivity index (χ3n) is 2.46. The van der Waals surface area contributed by atoms with E-state index in [1.54, 1.807) is 6.07 Å². The lowest BCUT2D eigenvalue weighted by atomic mass is 10.3. The monoisotopic (exact) mass is 276 g/mol. The lowest BCUT2D eigenvalue weighted by Crippen LogP contribution is -2.28. The summed E-state index contributed by atoms with van der Waals surface area (Å²) in [6.07, 6.45) is 0.0348. The third-order valence-corrected chi connectivity index (χ3v) is 2.46. The maximum Gasteiger partial charge on any atom is 0.310 e. The molecule has 0 saturated heterocycles. The minimum atomic E-state index is -0.683. The molecule has 2 N–H and O–H groups in total. The summed E-state index contributed by atoms with van der Waals surface area (Å²) in [6, 6.07) is 8.49. The zero-order chi connectivity index (χ0) is 14.5. The van der Waals surface area contributed by atoms with Crippen LogP contribution in [0, 0.1) is 0 Å². The van der Waals surface area contributed by atoms with Gasteiger partial charge in [-0.3, -0.25) is 19.8 Å². The van der Waals surface area contributed by atoms with Gasteiger partial charge in [-0.1, -0.05) is 12.1 Å². The molecule has 0 radical (unpaired) electrons. The van der Waals surface area contributed by atoms with Crippen LogP contribution in [0.4, 0.5) is 0 Å². The highest BCUT2D eigenvalue weighted by Crippen LogP contribution is 2.27. The molecular weight excluding hydrogens is 260 g/mol. The standard InChI is InChI=1S/C14H16N2O4/c1-9(2)20-13-6-4-3-5-12(13)19-8-10-7-11(17)14(18)16-15-10/h3-7,9H,8H2,1-2H3,(H,15,17)(H,16,18). The van der Waals surface area contributed by atoms with Crippen molar-refractivity contribution in [1.29, 1.82) is 0 Å². The molecule has 1 aromatic heterocycles. The molecule has 0 unspecified atom stereocenters. The Labute approximate surface area is 115 Å². The Morgan fingerprint density at radius 1 is 1.10 bits per heavy atom. The van der Waals surface area contributed by atoms with Gasteiger partial charge in [0.2, 0.25) is 5.43 Å². The molecular formula is C14H16N2O4. The first kappa shape index (κ1) is 13.9. The fourth-order valence-electron chi connectivity index (χ4n) is 1.61. The smallest absolute Gasteiger partial charge is 0.310 e. The molecule has 2 aromatic rings. The molecule has 0 aliphatic heterocycles. The van der Waals surface area contributed by atoms with E-state index in [0.717, 1.165) is 0 Å². The second kappa shape index (κ2) is 6.10. The van der Waals surface area contributed by atoms with Crippen molar-refractivity contribution in [2.24, 2.45) is 0 Å². The number of aromatic nitrogens is 2. The van der Waals surface area contributed by atoms with E-state index in [9.17, 15) is 9.59 Å². The second-order valence-electron chi connectivity index (χ2n) is 4.51. The van der Waals surface area contributed by atoms with Crippen LogP contribution in [0.5, 0.6) is 11.5 Å². The van der Waals surface area contributed by atoms with Crippen LogP contribution in [0.3, 0.4) is 0 Å². The topological polar surface area (TPSA) is 84.2 Å². The van der Waals surface area contributed by atoms with Gasteiger partial charge in [0, 0.05) is 6.07 Å². The van der Waals surface area contributed by atoms with E-state index in [1.165, 1.54) is 6.07 Å². The molecule has 0 aliphatic carbocycles. The van der Waals surface area contributed by atoms with Crippen LogP contribution in [0.25, 0.3) is 0 Å². The molecule has 0 bridgehead atoms. The fraction of sp³-hybridized carbons (Fsp3) is 0.286. The fourth-order valence-corrected chi connectivity index (χ4v) is 1.61. The van der Waals surface area contributed by atoms with Crippen molar-refractivity contribution in [3.8, 4) is 11.5 Å². The van der Waals surface area contributed by atoms with Gasteiger partial charge in [-0.15, -0.1) is 0 Å². The molecule has 0 aliphatic rings. The highest BCUT2D eigenvalue weighted by Gasteiger charge is 2.07. The first-order valence-electron chi connectivity index (χ1n) is 6.25. The van der Waals surface area contributed by atoms with E-state index in [4.69, 9.17) is 9.47 Å². The zero-order valence-electron chi connectivity index (χ0n) is 11.3. The van der Waals surface area contributed by atoms with Gasteiger partial charge >= 0.3 is 5.56 Å². The maximum absolute atomic E-state index is 11.2. The number of ether oxygens (including phenoxy) is 2. The molecule has 0 amide bonds. The molecule has 0 fully saturated rings. The summed E-state index contributed by atoms with van der Waals surface area (Å²) in [5.74, 6) is 1.21. The Bertz CT molecular complexity index is 688. The van der Waals surface area contributed by atoms with Gasteiger partial charge < -0.3 is 9.47 Å². The molecule has 106 valence electrons. The average molecular weight is 276 g/mol. The largest absolute Gasteiger partial charge is 0.487 e. The summed E-state index contributed by atoms with van der Waals surface area (Å²) in [4.78, 5) is 22.2. The summed E-state index contributed by atoms with van der Waals surface area (Å²) < 4.78 is 11.2. The molecule has 6 heteroatoms. The van der Waals surface area contributed by atoms with Crippen LogP contribution >= 0.6 is 0 Å². The lowest BCUT2D eigenvalue weighted by molar-refractivity contribution is 0.217. The van der Waals surface area contributed by atoms with Crippen LogP contribution in [0.2, 0.25) is 0 Å².